The standard InChI is InChI=1S/C23H25FN4/c1-15-6-9-19(10-7-15)25-13-18-4-3-5-21(22(18)24)20-11-8-17(12-16(20)2)23-26-14-27-28-23/h3-5,8,11-12,14,19,25H,1,6-7,9-10,13H2,2H3,(H,26,27,28). The number of hydrogen-bond acceptors (Lipinski definition) is 3. The van der Waals surface area contributed by atoms with Crippen molar-refractivity contribution in [2.45, 2.75) is 45.2 Å². The van der Waals surface area contributed by atoms with Crippen molar-refractivity contribution in [3.63, 3.8) is 0 Å². The van der Waals surface area contributed by atoms with Crippen LogP contribution in [-0.4, -0.2) is 21.2 Å². The van der Waals surface area contributed by atoms with Crippen LogP contribution >= 0.6 is 0 Å². The molecule has 1 saturated carbocycles. The topological polar surface area (TPSA) is 53.6 Å². The Labute approximate surface area is 164 Å². The number of halogens is 1. The van der Waals surface area contributed by atoms with E-state index in [0.717, 1.165) is 42.4 Å². The third-order valence-electron chi connectivity index (χ3n) is 5.54. The first-order chi connectivity index (χ1) is 13.6. The van der Waals surface area contributed by atoms with Gasteiger partial charge in [0, 0.05) is 29.3 Å². The molecule has 2 N–H and O–H groups in total. The van der Waals surface area contributed by atoms with Crippen molar-refractivity contribution < 1.29 is 4.39 Å². The molecule has 3 aromatic rings. The first-order valence-corrected chi connectivity index (χ1v) is 9.76. The molecule has 1 fully saturated rings. The number of H-pyrrole nitrogens is 1. The molecule has 0 atom stereocenters. The van der Waals surface area contributed by atoms with E-state index in [0.29, 0.717) is 29.5 Å². The van der Waals surface area contributed by atoms with Crippen molar-refractivity contribution in [3.8, 4) is 22.5 Å². The van der Waals surface area contributed by atoms with E-state index in [1.165, 1.54) is 5.57 Å². The number of aromatic amines is 1. The van der Waals surface area contributed by atoms with Crippen molar-refractivity contribution in [1.82, 2.24) is 20.5 Å². The van der Waals surface area contributed by atoms with E-state index in [4.69, 9.17) is 0 Å². The minimum Gasteiger partial charge on any atom is -0.310 e. The van der Waals surface area contributed by atoms with Gasteiger partial charge in [0.05, 0.1) is 0 Å². The lowest BCUT2D eigenvalue weighted by atomic mass is 9.91. The number of rotatable bonds is 5. The highest BCUT2D eigenvalue weighted by atomic mass is 19.1. The summed E-state index contributed by atoms with van der Waals surface area (Å²) in [7, 11) is 0. The van der Waals surface area contributed by atoms with Crippen LogP contribution in [0, 0.1) is 12.7 Å². The van der Waals surface area contributed by atoms with Gasteiger partial charge in [0.25, 0.3) is 0 Å². The van der Waals surface area contributed by atoms with Crippen molar-refractivity contribution in [2.75, 3.05) is 0 Å². The molecular weight excluding hydrogens is 351 g/mol. The minimum atomic E-state index is -0.149. The van der Waals surface area contributed by atoms with Crippen LogP contribution in [-0.2, 0) is 6.54 Å². The highest BCUT2D eigenvalue weighted by Gasteiger charge is 2.17. The van der Waals surface area contributed by atoms with E-state index in [2.05, 4.69) is 27.1 Å². The Morgan fingerprint density at radius 3 is 2.71 bits per heavy atom. The summed E-state index contributed by atoms with van der Waals surface area (Å²) in [4.78, 5) is 4.18. The fraction of sp³-hybridized carbons (Fsp3) is 0.304. The molecule has 4 rings (SSSR count). The molecule has 0 amide bonds. The summed E-state index contributed by atoms with van der Waals surface area (Å²) >= 11 is 0. The second kappa shape index (κ2) is 8.07. The lowest BCUT2D eigenvalue weighted by Crippen LogP contribution is -2.31. The summed E-state index contributed by atoms with van der Waals surface area (Å²) in [6, 6.07) is 12.0. The van der Waals surface area contributed by atoms with Gasteiger partial charge in [-0.25, -0.2) is 9.37 Å². The summed E-state index contributed by atoms with van der Waals surface area (Å²) in [6.45, 7) is 6.60. The van der Waals surface area contributed by atoms with Gasteiger partial charge in [0.1, 0.15) is 12.1 Å². The first kappa shape index (κ1) is 18.6. The lowest BCUT2D eigenvalue weighted by Gasteiger charge is -2.24. The van der Waals surface area contributed by atoms with Gasteiger partial charge in [-0.3, -0.25) is 5.10 Å². The van der Waals surface area contributed by atoms with Gasteiger partial charge in [-0.05, 0) is 49.8 Å². The SMILES string of the molecule is C=C1CCC(NCc2cccc(-c3ccc(-c4nc[nH]n4)cc3C)c2F)CC1. The number of benzene rings is 2. The number of hydrogen-bond donors (Lipinski definition) is 2. The Morgan fingerprint density at radius 2 is 2.00 bits per heavy atom. The number of aromatic nitrogens is 3. The maximum Gasteiger partial charge on any atom is 0.180 e. The van der Waals surface area contributed by atoms with Gasteiger partial charge in [-0.15, -0.1) is 0 Å². The average Bonchev–Trinajstić information content (AvgIpc) is 3.24. The van der Waals surface area contributed by atoms with Gasteiger partial charge in [0.15, 0.2) is 5.82 Å². The molecular formula is C23H25FN4. The molecule has 0 aliphatic heterocycles. The summed E-state index contributed by atoms with van der Waals surface area (Å²) in [6.07, 6.45) is 5.86. The molecule has 1 aliphatic carbocycles. The number of nitrogens with one attached hydrogen (secondary N) is 2. The van der Waals surface area contributed by atoms with E-state index in [-0.39, 0.29) is 5.82 Å². The normalized spacial score (nSPS) is 15.1. The van der Waals surface area contributed by atoms with Crippen molar-refractivity contribution in [2.24, 2.45) is 0 Å². The third kappa shape index (κ3) is 3.90. The molecule has 4 nitrogen and oxygen atoms in total. The molecule has 1 heterocycles. The van der Waals surface area contributed by atoms with Gasteiger partial charge in [-0.1, -0.05) is 42.5 Å². The van der Waals surface area contributed by atoms with Crippen LogP contribution in [0.25, 0.3) is 22.5 Å². The molecule has 28 heavy (non-hydrogen) atoms. The molecule has 2 aromatic carbocycles. The zero-order chi connectivity index (χ0) is 19.5. The minimum absolute atomic E-state index is 0.149. The molecule has 144 valence electrons. The molecule has 0 saturated heterocycles. The molecule has 0 radical (unpaired) electrons. The number of allylic oxidation sites excluding steroid dienone is 1. The Kier molecular flexibility index (Phi) is 5.35. The van der Waals surface area contributed by atoms with Crippen LogP contribution in [0.4, 0.5) is 4.39 Å². The maximum absolute atomic E-state index is 15.2. The molecule has 1 aliphatic rings. The van der Waals surface area contributed by atoms with E-state index >= 15 is 4.39 Å². The third-order valence-corrected chi connectivity index (χ3v) is 5.54. The van der Waals surface area contributed by atoms with Crippen LogP contribution in [0.1, 0.15) is 36.8 Å². The second-order valence-corrected chi connectivity index (χ2v) is 7.54. The summed E-state index contributed by atoms with van der Waals surface area (Å²) in [5.74, 6) is 0.493. The van der Waals surface area contributed by atoms with Crippen LogP contribution < -0.4 is 5.32 Å². The zero-order valence-electron chi connectivity index (χ0n) is 16.1. The van der Waals surface area contributed by atoms with E-state index in [1.54, 1.807) is 6.33 Å². The first-order valence-electron chi connectivity index (χ1n) is 9.76. The second-order valence-electron chi connectivity index (χ2n) is 7.54. The Balaban J connectivity index is 1.54. The lowest BCUT2D eigenvalue weighted by molar-refractivity contribution is 0.414. The summed E-state index contributed by atoms with van der Waals surface area (Å²) in [5.41, 5.74) is 5.48. The van der Waals surface area contributed by atoms with Crippen molar-refractivity contribution >= 4 is 0 Å². The van der Waals surface area contributed by atoms with Crippen LogP contribution in [0.5, 0.6) is 0 Å². The van der Waals surface area contributed by atoms with Gasteiger partial charge in [-0.2, -0.15) is 5.10 Å². The van der Waals surface area contributed by atoms with E-state index in [9.17, 15) is 0 Å². The summed E-state index contributed by atoms with van der Waals surface area (Å²) < 4.78 is 15.2. The van der Waals surface area contributed by atoms with Crippen molar-refractivity contribution in [3.05, 3.63) is 71.8 Å². The smallest absolute Gasteiger partial charge is 0.180 e. The maximum atomic E-state index is 15.2. The largest absolute Gasteiger partial charge is 0.310 e. The van der Waals surface area contributed by atoms with E-state index < -0.39 is 0 Å². The quantitative estimate of drug-likeness (QED) is 0.604. The Hall–Kier alpha value is -2.79. The Morgan fingerprint density at radius 1 is 1.18 bits per heavy atom. The van der Waals surface area contributed by atoms with Gasteiger partial charge < -0.3 is 5.32 Å². The van der Waals surface area contributed by atoms with Crippen molar-refractivity contribution in [1.29, 1.82) is 0 Å². The highest BCUT2D eigenvalue weighted by Crippen LogP contribution is 2.30. The summed E-state index contributed by atoms with van der Waals surface area (Å²) in [5, 5.41) is 10.4. The van der Waals surface area contributed by atoms with Crippen LogP contribution in [0.15, 0.2) is 54.9 Å². The molecule has 1 aromatic heterocycles. The highest BCUT2D eigenvalue weighted by molar-refractivity contribution is 5.72. The molecule has 0 spiro atoms. The van der Waals surface area contributed by atoms with Gasteiger partial charge >= 0.3 is 0 Å². The molecule has 0 unspecified atom stereocenters. The average molecular weight is 376 g/mol. The predicted molar refractivity (Wildman–Crippen MR) is 110 cm³/mol. The fourth-order valence-corrected chi connectivity index (χ4v) is 3.86. The monoisotopic (exact) mass is 376 g/mol. The van der Waals surface area contributed by atoms with Crippen LogP contribution in [0.2, 0.25) is 0 Å². The molecule has 5 heteroatoms. The molecule has 0 bridgehead atoms. The van der Waals surface area contributed by atoms with Gasteiger partial charge in [0.2, 0.25) is 0 Å². The van der Waals surface area contributed by atoms with E-state index in [1.807, 2.05) is 43.3 Å². The predicted octanol–water partition coefficient (Wildman–Crippen LogP) is 5.17. The van der Waals surface area contributed by atoms with Crippen LogP contribution in [0.3, 0.4) is 0 Å². The Bertz CT molecular complexity index is 968. The number of nitrogens with zero attached hydrogens (tertiary/aromatic N) is 2. The zero-order valence-corrected chi connectivity index (χ0v) is 16.1. The number of aryl methyl sites for hydroxylation is 1. The fourth-order valence-electron chi connectivity index (χ4n) is 3.86.